The van der Waals surface area contributed by atoms with Gasteiger partial charge in [-0.15, -0.1) is 0 Å². The van der Waals surface area contributed by atoms with Gasteiger partial charge in [-0.1, -0.05) is 48.5 Å². The van der Waals surface area contributed by atoms with Gasteiger partial charge in [-0.2, -0.15) is 0 Å². The monoisotopic (exact) mass is 431 g/mol. The molecule has 0 fully saturated rings. The summed E-state index contributed by atoms with van der Waals surface area (Å²) in [6.45, 7) is 0.581. The molecular weight excluding hydrogens is 406 g/mol. The van der Waals surface area contributed by atoms with Crippen LogP contribution >= 0.6 is 0 Å². The first-order chi connectivity index (χ1) is 15.6. The lowest BCUT2D eigenvalue weighted by molar-refractivity contribution is -0.120. The zero-order chi connectivity index (χ0) is 22.5. The molecule has 1 unspecified atom stereocenters. The number of carbonyl (C=O) groups is 2. The van der Waals surface area contributed by atoms with Crippen LogP contribution in [0.5, 0.6) is 11.5 Å². The average Bonchev–Trinajstić information content (AvgIpc) is 3.26. The van der Waals surface area contributed by atoms with Crippen LogP contribution in [0.15, 0.2) is 72.8 Å². The van der Waals surface area contributed by atoms with Gasteiger partial charge < -0.3 is 25.0 Å². The van der Waals surface area contributed by atoms with Gasteiger partial charge in [0, 0.05) is 36.1 Å². The Hall–Kier alpha value is -4.00. The summed E-state index contributed by atoms with van der Waals surface area (Å²) in [6, 6.07) is 20.8. The Morgan fingerprint density at radius 3 is 2.25 bits per heavy atom. The molecule has 0 aliphatic carbocycles. The lowest BCUT2D eigenvalue weighted by Gasteiger charge is -2.25. The Kier molecular flexibility index (Phi) is 6.26. The van der Waals surface area contributed by atoms with Crippen molar-refractivity contribution in [3.8, 4) is 11.5 Å². The van der Waals surface area contributed by atoms with Crippen molar-refractivity contribution in [1.82, 2.24) is 5.32 Å². The fourth-order valence-electron chi connectivity index (χ4n) is 3.83. The Morgan fingerprint density at radius 2 is 1.56 bits per heavy atom. The first kappa shape index (κ1) is 21.2. The van der Waals surface area contributed by atoms with Crippen molar-refractivity contribution in [3.05, 3.63) is 83.9 Å². The Morgan fingerprint density at radius 1 is 0.906 bits per heavy atom. The third-order valence-corrected chi connectivity index (χ3v) is 5.42. The molecule has 0 spiro atoms. The van der Waals surface area contributed by atoms with Gasteiger partial charge >= 0.3 is 6.03 Å². The largest absolute Gasteiger partial charge is 0.497 e. The normalized spacial score (nSPS) is 13.1. The summed E-state index contributed by atoms with van der Waals surface area (Å²) in [5, 5.41) is 5.62. The maximum atomic E-state index is 13.5. The van der Waals surface area contributed by atoms with E-state index in [9.17, 15) is 9.59 Å². The summed E-state index contributed by atoms with van der Waals surface area (Å²) in [5.74, 6) is 0.910. The van der Waals surface area contributed by atoms with E-state index in [0.29, 0.717) is 29.3 Å². The number of methoxy groups -OCH3 is 2. The highest BCUT2D eigenvalue weighted by Gasteiger charge is 2.32. The van der Waals surface area contributed by atoms with Crippen molar-refractivity contribution in [2.45, 2.75) is 12.5 Å². The highest BCUT2D eigenvalue weighted by Crippen LogP contribution is 2.30. The van der Waals surface area contributed by atoms with Crippen LogP contribution in [0.4, 0.5) is 16.2 Å². The molecule has 0 bridgehead atoms. The number of benzene rings is 3. The molecule has 0 saturated heterocycles. The van der Waals surface area contributed by atoms with Gasteiger partial charge in [0.25, 0.3) is 5.91 Å². The number of nitrogens with one attached hydrogen (secondary N) is 2. The first-order valence-corrected chi connectivity index (χ1v) is 10.3. The molecule has 0 aromatic heterocycles. The van der Waals surface area contributed by atoms with Gasteiger partial charge in [0.15, 0.2) is 0 Å². The topological polar surface area (TPSA) is 79.9 Å². The lowest BCUT2D eigenvalue weighted by atomic mass is 10.1. The van der Waals surface area contributed by atoms with E-state index >= 15 is 0 Å². The van der Waals surface area contributed by atoms with E-state index in [1.807, 2.05) is 54.6 Å². The lowest BCUT2D eigenvalue weighted by Crippen LogP contribution is -2.43. The van der Waals surface area contributed by atoms with Crippen LogP contribution in [0.25, 0.3) is 0 Å². The molecular formula is C25H25N3O4. The Bertz CT molecular complexity index is 1090. The molecule has 0 saturated carbocycles. The minimum atomic E-state index is -0.838. The van der Waals surface area contributed by atoms with Crippen LogP contribution in [0.2, 0.25) is 0 Å². The van der Waals surface area contributed by atoms with Crippen LogP contribution in [0.3, 0.4) is 0 Å². The molecule has 0 radical (unpaired) electrons. The molecule has 32 heavy (non-hydrogen) atoms. The van der Waals surface area contributed by atoms with Crippen LogP contribution in [-0.2, 0) is 11.2 Å². The molecule has 1 heterocycles. The summed E-state index contributed by atoms with van der Waals surface area (Å²) in [6.07, 6.45) is 0.791. The number of rotatable bonds is 6. The maximum absolute atomic E-state index is 13.5. The number of para-hydroxylation sites is 1. The van der Waals surface area contributed by atoms with E-state index in [1.54, 1.807) is 23.1 Å². The van der Waals surface area contributed by atoms with E-state index < -0.39 is 12.1 Å². The van der Waals surface area contributed by atoms with E-state index in [2.05, 4.69) is 10.6 Å². The van der Waals surface area contributed by atoms with Crippen LogP contribution in [-0.4, -0.2) is 32.7 Å². The fraction of sp³-hybridized carbons (Fsp3) is 0.200. The second-order valence-electron chi connectivity index (χ2n) is 7.41. The number of hydrogen-bond donors (Lipinski definition) is 2. The van der Waals surface area contributed by atoms with Gasteiger partial charge in [0.1, 0.15) is 17.5 Å². The summed E-state index contributed by atoms with van der Waals surface area (Å²) < 4.78 is 10.5. The van der Waals surface area contributed by atoms with Crippen molar-refractivity contribution in [1.29, 1.82) is 0 Å². The van der Waals surface area contributed by atoms with Crippen molar-refractivity contribution in [3.63, 3.8) is 0 Å². The van der Waals surface area contributed by atoms with Gasteiger partial charge in [-0.05, 0) is 23.6 Å². The maximum Gasteiger partial charge on any atom is 0.320 e. The Labute approximate surface area is 187 Å². The average molecular weight is 431 g/mol. The molecule has 7 nitrogen and oxygen atoms in total. The highest BCUT2D eigenvalue weighted by molar-refractivity contribution is 6.02. The molecule has 2 N–H and O–H groups in total. The summed E-state index contributed by atoms with van der Waals surface area (Å²) in [5.41, 5.74) is 3.21. The molecule has 7 heteroatoms. The second-order valence-corrected chi connectivity index (χ2v) is 7.41. The van der Waals surface area contributed by atoms with Gasteiger partial charge in [0.05, 0.1) is 14.2 Å². The zero-order valence-corrected chi connectivity index (χ0v) is 18.0. The summed E-state index contributed by atoms with van der Waals surface area (Å²) in [7, 11) is 3.08. The summed E-state index contributed by atoms with van der Waals surface area (Å²) in [4.78, 5) is 28.2. The molecule has 1 aliphatic rings. The molecule has 1 atom stereocenters. The number of carbonyl (C=O) groups excluding carboxylic acids is 2. The van der Waals surface area contributed by atoms with E-state index in [1.165, 1.54) is 14.2 Å². The minimum Gasteiger partial charge on any atom is -0.497 e. The van der Waals surface area contributed by atoms with Crippen LogP contribution in [0, 0.1) is 0 Å². The van der Waals surface area contributed by atoms with Gasteiger partial charge in [0.2, 0.25) is 0 Å². The van der Waals surface area contributed by atoms with E-state index in [0.717, 1.165) is 17.7 Å². The molecule has 4 rings (SSSR count). The summed E-state index contributed by atoms with van der Waals surface area (Å²) >= 11 is 0. The molecule has 3 aromatic rings. The van der Waals surface area contributed by atoms with Crippen molar-refractivity contribution in [2.75, 3.05) is 31.0 Å². The third kappa shape index (κ3) is 4.51. The number of anilines is 2. The van der Waals surface area contributed by atoms with Crippen molar-refractivity contribution >= 4 is 23.3 Å². The van der Waals surface area contributed by atoms with Gasteiger partial charge in [-0.3, -0.25) is 4.79 Å². The van der Waals surface area contributed by atoms with Crippen molar-refractivity contribution in [2.24, 2.45) is 0 Å². The number of amides is 3. The van der Waals surface area contributed by atoms with E-state index in [4.69, 9.17) is 9.47 Å². The zero-order valence-electron chi connectivity index (χ0n) is 18.0. The number of urea groups is 1. The number of nitrogens with zero attached hydrogens (tertiary/aromatic N) is 1. The van der Waals surface area contributed by atoms with E-state index in [-0.39, 0.29) is 5.91 Å². The highest BCUT2D eigenvalue weighted by atomic mass is 16.5. The molecule has 1 aliphatic heterocycles. The predicted octanol–water partition coefficient (Wildman–Crippen LogP) is 4.16. The van der Waals surface area contributed by atoms with Crippen LogP contribution in [0.1, 0.15) is 17.2 Å². The SMILES string of the molecule is COc1cc(NC(=O)NC(C(=O)N2CCc3ccccc32)c2ccccc2)cc(OC)c1. The fourth-order valence-corrected chi connectivity index (χ4v) is 3.83. The smallest absolute Gasteiger partial charge is 0.320 e. The quantitative estimate of drug-likeness (QED) is 0.614. The minimum absolute atomic E-state index is 0.181. The van der Waals surface area contributed by atoms with Crippen LogP contribution < -0.4 is 25.0 Å². The Balaban J connectivity index is 1.57. The second kappa shape index (κ2) is 9.43. The standard InChI is InChI=1S/C25H25N3O4/c1-31-20-14-19(15-21(16-20)32-2)26-25(30)27-23(18-9-4-3-5-10-18)24(29)28-13-12-17-8-6-7-11-22(17)28/h3-11,14-16,23H,12-13H2,1-2H3,(H2,26,27,30). The molecule has 3 amide bonds. The predicted molar refractivity (Wildman–Crippen MR) is 123 cm³/mol. The molecule has 3 aromatic carbocycles. The third-order valence-electron chi connectivity index (χ3n) is 5.42. The first-order valence-electron chi connectivity index (χ1n) is 10.3. The number of ether oxygens (including phenoxy) is 2. The number of hydrogen-bond acceptors (Lipinski definition) is 4. The number of fused-ring (bicyclic) bond motifs is 1. The molecule has 164 valence electrons. The van der Waals surface area contributed by atoms with Crippen molar-refractivity contribution < 1.29 is 19.1 Å². The van der Waals surface area contributed by atoms with Gasteiger partial charge in [-0.25, -0.2) is 4.79 Å².